The van der Waals surface area contributed by atoms with Gasteiger partial charge in [-0.25, -0.2) is 8.78 Å². The normalized spacial score (nSPS) is 11.3. The van der Waals surface area contributed by atoms with E-state index in [0.29, 0.717) is 23.7 Å². The molecule has 0 amide bonds. The minimum absolute atomic E-state index is 0.273. The molecule has 9 heteroatoms. The molecule has 7 nitrogen and oxygen atoms in total. The number of hydrogen-bond acceptors (Lipinski definition) is 6. The first-order chi connectivity index (χ1) is 11.9. The van der Waals surface area contributed by atoms with Gasteiger partial charge >= 0.3 is 0 Å². The largest absolute Gasteiger partial charge is 0.368 e. The number of anilines is 3. The Labute approximate surface area is 143 Å². The topological polar surface area (TPSA) is 70.9 Å². The Balaban J connectivity index is 1.91. The summed E-state index contributed by atoms with van der Waals surface area (Å²) in [5.41, 5.74) is 0.993. The fourth-order valence-corrected chi connectivity index (χ4v) is 2.31. The fraction of sp³-hybridized carbons (Fsp3) is 0.312. The van der Waals surface area contributed by atoms with Crippen LogP contribution in [0.2, 0.25) is 0 Å². The average molecular weight is 347 g/mol. The van der Waals surface area contributed by atoms with Gasteiger partial charge in [0.1, 0.15) is 5.82 Å². The van der Waals surface area contributed by atoms with Crippen molar-refractivity contribution in [2.75, 3.05) is 37.8 Å². The maximum atomic E-state index is 13.4. The number of benzene rings is 1. The highest BCUT2D eigenvalue weighted by molar-refractivity contribution is 5.87. The predicted octanol–water partition coefficient (Wildman–Crippen LogP) is 2.36. The van der Waals surface area contributed by atoms with Gasteiger partial charge in [0.15, 0.2) is 17.3 Å². The number of aromatic nitrogens is 4. The molecule has 132 valence electrons. The summed E-state index contributed by atoms with van der Waals surface area (Å²) in [5.74, 6) is -0.935. The van der Waals surface area contributed by atoms with E-state index in [0.717, 1.165) is 24.1 Å². The molecule has 3 rings (SSSR count). The number of aryl methyl sites for hydroxylation is 1. The minimum atomic E-state index is -0.934. The molecule has 1 aromatic carbocycles. The molecule has 0 fully saturated rings. The van der Waals surface area contributed by atoms with Gasteiger partial charge in [-0.05, 0) is 26.2 Å². The molecule has 0 saturated heterocycles. The zero-order chi connectivity index (χ0) is 18.0. The van der Waals surface area contributed by atoms with E-state index in [9.17, 15) is 8.78 Å². The molecule has 2 aromatic heterocycles. The predicted molar refractivity (Wildman–Crippen MR) is 93.0 cm³/mol. The van der Waals surface area contributed by atoms with Crippen LogP contribution in [-0.4, -0.2) is 51.8 Å². The molecule has 3 aromatic rings. The lowest BCUT2D eigenvalue weighted by molar-refractivity contribution is 0.425. The lowest BCUT2D eigenvalue weighted by Gasteiger charge is -2.13. The summed E-state index contributed by atoms with van der Waals surface area (Å²) < 4.78 is 28.1. The van der Waals surface area contributed by atoms with Gasteiger partial charge in [0.2, 0.25) is 5.95 Å². The van der Waals surface area contributed by atoms with Crippen LogP contribution < -0.4 is 10.6 Å². The Morgan fingerprint density at radius 2 is 1.96 bits per heavy atom. The smallest absolute Gasteiger partial charge is 0.231 e. The lowest BCUT2D eigenvalue weighted by Crippen LogP contribution is -2.21. The van der Waals surface area contributed by atoms with Crippen molar-refractivity contribution in [1.82, 2.24) is 24.6 Å². The molecule has 0 atom stereocenters. The van der Waals surface area contributed by atoms with Crippen molar-refractivity contribution < 1.29 is 8.78 Å². The van der Waals surface area contributed by atoms with E-state index >= 15 is 0 Å². The first-order valence-electron chi connectivity index (χ1n) is 7.74. The second kappa shape index (κ2) is 6.98. The second-order valence-electron chi connectivity index (χ2n) is 5.89. The first kappa shape index (κ1) is 17.0. The molecule has 0 spiro atoms. The number of fused-ring (bicyclic) bond motifs is 1. The highest BCUT2D eigenvalue weighted by Gasteiger charge is 2.12. The summed E-state index contributed by atoms with van der Waals surface area (Å²) in [4.78, 5) is 10.9. The number of halogens is 2. The van der Waals surface area contributed by atoms with Crippen molar-refractivity contribution in [2.45, 2.75) is 0 Å². The van der Waals surface area contributed by atoms with Crippen LogP contribution in [0.1, 0.15) is 0 Å². The summed E-state index contributed by atoms with van der Waals surface area (Å²) in [5, 5.41) is 11.1. The Morgan fingerprint density at radius 3 is 2.68 bits per heavy atom. The van der Waals surface area contributed by atoms with E-state index in [1.165, 1.54) is 6.07 Å². The summed E-state index contributed by atoms with van der Waals surface area (Å²) in [6, 6.07) is 3.54. The molecule has 0 aliphatic rings. The Morgan fingerprint density at radius 1 is 1.16 bits per heavy atom. The molecule has 2 N–H and O–H groups in total. The highest BCUT2D eigenvalue weighted by atomic mass is 19.2. The maximum Gasteiger partial charge on any atom is 0.231 e. The van der Waals surface area contributed by atoms with E-state index in [-0.39, 0.29) is 5.95 Å². The molecule has 0 bridgehead atoms. The maximum absolute atomic E-state index is 13.4. The Bertz CT molecular complexity index is 892. The van der Waals surface area contributed by atoms with E-state index in [2.05, 4.69) is 30.6 Å². The quantitative estimate of drug-likeness (QED) is 0.713. The van der Waals surface area contributed by atoms with E-state index in [4.69, 9.17) is 0 Å². The van der Waals surface area contributed by atoms with Crippen LogP contribution in [-0.2, 0) is 7.05 Å². The van der Waals surface area contributed by atoms with Gasteiger partial charge in [0.05, 0.1) is 11.6 Å². The molecular formula is C16H19F2N7. The SMILES string of the molecule is CN(C)CCNc1nc(Nc2ccc(F)c(F)c2)nc2c1cnn2C. The van der Waals surface area contributed by atoms with E-state index in [1.54, 1.807) is 17.9 Å². The van der Waals surface area contributed by atoms with Gasteiger partial charge in [-0.3, -0.25) is 4.68 Å². The summed E-state index contributed by atoms with van der Waals surface area (Å²) in [6.07, 6.45) is 1.69. The third-order valence-electron chi connectivity index (χ3n) is 3.62. The standard InChI is InChI=1S/C16H19F2N7/c1-24(2)7-6-19-14-11-9-20-25(3)15(11)23-16(22-14)21-10-4-5-12(17)13(18)8-10/h4-5,8-9H,6-7H2,1-3H3,(H2,19,21,22,23). The van der Waals surface area contributed by atoms with Crippen LogP contribution in [0, 0.1) is 11.6 Å². The van der Waals surface area contributed by atoms with Crippen molar-refractivity contribution in [3.05, 3.63) is 36.0 Å². The molecule has 2 heterocycles. The third kappa shape index (κ3) is 3.82. The molecule has 0 radical (unpaired) electrons. The highest BCUT2D eigenvalue weighted by Crippen LogP contribution is 2.23. The van der Waals surface area contributed by atoms with E-state index in [1.807, 2.05) is 14.1 Å². The number of rotatable bonds is 6. The molecule has 0 unspecified atom stereocenters. The molecule has 0 aliphatic carbocycles. The number of likely N-dealkylation sites (N-methyl/N-ethyl adjacent to an activating group) is 1. The van der Waals surface area contributed by atoms with Crippen molar-refractivity contribution in [3.63, 3.8) is 0 Å². The third-order valence-corrected chi connectivity index (χ3v) is 3.62. The van der Waals surface area contributed by atoms with E-state index < -0.39 is 11.6 Å². The van der Waals surface area contributed by atoms with Crippen LogP contribution in [0.3, 0.4) is 0 Å². The Hall–Kier alpha value is -2.81. The van der Waals surface area contributed by atoms with Crippen molar-refractivity contribution in [1.29, 1.82) is 0 Å². The zero-order valence-corrected chi connectivity index (χ0v) is 14.2. The molecule has 25 heavy (non-hydrogen) atoms. The van der Waals surface area contributed by atoms with Crippen molar-refractivity contribution in [3.8, 4) is 0 Å². The molecular weight excluding hydrogens is 328 g/mol. The second-order valence-corrected chi connectivity index (χ2v) is 5.89. The van der Waals surface area contributed by atoms with Crippen LogP contribution >= 0.6 is 0 Å². The Kier molecular flexibility index (Phi) is 4.75. The number of nitrogens with one attached hydrogen (secondary N) is 2. The van der Waals surface area contributed by atoms with Crippen molar-refractivity contribution >= 4 is 28.5 Å². The number of hydrogen-bond donors (Lipinski definition) is 2. The van der Waals surface area contributed by atoms with Gasteiger partial charge < -0.3 is 15.5 Å². The van der Waals surface area contributed by atoms with Gasteiger partial charge in [-0.2, -0.15) is 15.1 Å². The summed E-state index contributed by atoms with van der Waals surface area (Å²) in [7, 11) is 5.75. The van der Waals surface area contributed by atoms with Gasteiger partial charge in [-0.1, -0.05) is 0 Å². The fourth-order valence-electron chi connectivity index (χ4n) is 2.31. The van der Waals surface area contributed by atoms with Crippen LogP contribution in [0.15, 0.2) is 24.4 Å². The zero-order valence-electron chi connectivity index (χ0n) is 14.2. The van der Waals surface area contributed by atoms with Crippen LogP contribution in [0.5, 0.6) is 0 Å². The molecule has 0 aliphatic heterocycles. The molecule has 0 saturated carbocycles. The van der Waals surface area contributed by atoms with Gasteiger partial charge in [0, 0.05) is 31.9 Å². The minimum Gasteiger partial charge on any atom is -0.368 e. The first-order valence-corrected chi connectivity index (χ1v) is 7.74. The number of nitrogens with zero attached hydrogens (tertiary/aromatic N) is 5. The van der Waals surface area contributed by atoms with Crippen molar-refractivity contribution in [2.24, 2.45) is 7.05 Å². The van der Waals surface area contributed by atoms with Gasteiger partial charge in [-0.15, -0.1) is 0 Å². The van der Waals surface area contributed by atoms with Gasteiger partial charge in [0.25, 0.3) is 0 Å². The summed E-state index contributed by atoms with van der Waals surface area (Å²) in [6.45, 7) is 1.52. The average Bonchev–Trinajstić information content (AvgIpc) is 2.92. The lowest BCUT2D eigenvalue weighted by atomic mass is 10.3. The summed E-state index contributed by atoms with van der Waals surface area (Å²) >= 11 is 0. The monoisotopic (exact) mass is 347 g/mol. The van der Waals surface area contributed by atoms with Crippen LogP contribution in [0.25, 0.3) is 11.0 Å². The van der Waals surface area contributed by atoms with Crippen LogP contribution in [0.4, 0.5) is 26.2 Å².